The highest BCUT2D eigenvalue weighted by Gasteiger charge is 2.41. The Bertz CT molecular complexity index is 1480. The average molecular weight is 540 g/mol. The molecule has 1 saturated heterocycles. The number of pyridine rings is 1. The predicted molar refractivity (Wildman–Crippen MR) is 158 cm³/mol. The molecule has 200 valence electrons. The molecule has 1 aliphatic heterocycles. The summed E-state index contributed by atoms with van der Waals surface area (Å²) >= 11 is 5.83. The third-order valence-electron chi connectivity index (χ3n) is 7.35. The molecule has 39 heavy (non-hydrogen) atoms. The molecular formula is C31H33N5O2S. The zero-order valence-electron chi connectivity index (χ0n) is 22.4. The molecule has 2 aromatic heterocycles. The van der Waals surface area contributed by atoms with Gasteiger partial charge in [-0.05, 0) is 92.1 Å². The van der Waals surface area contributed by atoms with Gasteiger partial charge in [-0.3, -0.25) is 9.78 Å². The van der Waals surface area contributed by atoms with Gasteiger partial charge in [0.05, 0.1) is 17.8 Å². The van der Waals surface area contributed by atoms with Crippen molar-refractivity contribution in [3.8, 4) is 11.4 Å². The number of para-hydroxylation sites is 1. The maximum atomic E-state index is 13.0. The zero-order chi connectivity index (χ0) is 27.5. The molecule has 8 heteroatoms. The standard InChI is InChI=1S/C31H33N5O2S/c1-4-22-9-5-6-10-26(22)33-28(38)16-18-35-30(29(34-31(35)39)27-11-7-8-17-32-27)25-19-20(2)36(21(25)3)23-12-14-24(37)15-13-23/h5-15,17,19,29-30,37H,4,16,18H2,1-3H3,(H,33,38)(H,34,39)/t29-,30+/m1/s1. The molecule has 0 radical (unpaired) electrons. The molecule has 2 aromatic carbocycles. The average Bonchev–Trinajstić information content (AvgIpc) is 3.43. The van der Waals surface area contributed by atoms with Crippen molar-refractivity contribution in [3.05, 3.63) is 107 Å². The molecule has 3 heterocycles. The van der Waals surface area contributed by atoms with Crippen molar-refractivity contribution in [2.75, 3.05) is 11.9 Å². The fourth-order valence-corrected chi connectivity index (χ4v) is 5.79. The van der Waals surface area contributed by atoms with Crippen LogP contribution in [0.1, 0.15) is 53.6 Å². The summed E-state index contributed by atoms with van der Waals surface area (Å²) < 4.78 is 2.18. The van der Waals surface area contributed by atoms with Crippen LogP contribution in [0.25, 0.3) is 5.69 Å². The number of phenols is 1. The third-order valence-corrected chi connectivity index (χ3v) is 7.70. The van der Waals surface area contributed by atoms with Crippen molar-refractivity contribution in [1.29, 1.82) is 0 Å². The highest BCUT2D eigenvalue weighted by molar-refractivity contribution is 7.80. The second-order valence-corrected chi connectivity index (χ2v) is 10.2. The van der Waals surface area contributed by atoms with E-state index in [1.807, 2.05) is 54.6 Å². The lowest BCUT2D eigenvalue weighted by molar-refractivity contribution is -0.116. The lowest BCUT2D eigenvalue weighted by Crippen LogP contribution is -2.33. The highest BCUT2D eigenvalue weighted by Crippen LogP contribution is 2.41. The molecule has 1 aliphatic rings. The molecule has 2 atom stereocenters. The Morgan fingerprint density at radius 1 is 1.08 bits per heavy atom. The first-order valence-corrected chi connectivity index (χ1v) is 13.6. The van der Waals surface area contributed by atoms with Crippen molar-refractivity contribution >= 4 is 28.9 Å². The van der Waals surface area contributed by atoms with Crippen LogP contribution in [-0.4, -0.2) is 37.1 Å². The predicted octanol–water partition coefficient (Wildman–Crippen LogP) is 5.76. The molecule has 0 bridgehead atoms. The number of rotatable bonds is 8. The number of benzene rings is 2. The summed E-state index contributed by atoms with van der Waals surface area (Å²) in [6.45, 7) is 6.71. The number of aromatic hydroxyl groups is 1. The summed E-state index contributed by atoms with van der Waals surface area (Å²) in [6.07, 6.45) is 2.93. The van der Waals surface area contributed by atoms with E-state index in [1.165, 1.54) is 0 Å². The maximum Gasteiger partial charge on any atom is 0.226 e. The first-order chi connectivity index (χ1) is 18.9. The van der Waals surface area contributed by atoms with Gasteiger partial charge >= 0.3 is 0 Å². The van der Waals surface area contributed by atoms with Gasteiger partial charge in [-0.1, -0.05) is 31.2 Å². The summed E-state index contributed by atoms with van der Waals surface area (Å²) in [5.41, 5.74) is 7.08. The number of carbonyl (C=O) groups is 1. The molecule has 4 aromatic rings. The van der Waals surface area contributed by atoms with E-state index in [-0.39, 0.29) is 23.7 Å². The molecule has 0 aliphatic carbocycles. The van der Waals surface area contributed by atoms with E-state index in [9.17, 15) is 9.90 Å². The summed E-state index contributed by atoms with van der Waals surface area (Å²) in [5.74, 6) is 0.182. The van der Waals surface area contributed by atoms with E-state index < -0.39 is 0 Å². The Kier molecular flexibility index (Phi) is 7.65. The number of anilines is 1. The van der Waals surface area contributed by atoms with E-state index >= 15 is 0 Å². The van der Waals surface area contributed by atoms with Gasteiger partial charge in [0.1, 0.15) is 5.75 Å². The minimum atomic E-state index is -0.170. The van der Waals surface area contributed by atoms with Crippen LogP contribution in [0, 0.1) is 13.8 Å². The van der Waals surface area contributed by atoms with Crippen LogP contribution in [0.15, 0.2) is 79.0 Å². The second-order valence-electron chi connectivity index (χ2n) is 9.81. The van der Waals surface area contributed by atoms with E-state index in [0.29, 0.717) is 18.1 Å². The SMILES string of the molecule is CCc1ccccc1NC(=O)CCN1C(=S)N[C@H](c2ccccn2)[C@@H]1c1cc(C)n(-c2ccc(O)cc2)c1C. The molecule has 1 fully saturated rings. The lowest BCUT2D eigenvalue weighted by Gasteiger charge is -2.28. The molecule has 0 spiro atoms. The minimum absolute atomic E-state index is 0.0479. The van der Waals surface area contributed by atoms with Gasteiger partial charge in [0.15, 0.2) is 5.11 Å². The van der Waals surface area contributed by atoms with Crippen molar-refractivity contribution < 1.29 is 9.90 Å². The molecule has 5 rings (SSSR count). The quantitative estimate of drug-likeness (QED) is 0.247. The molecule has 1 amide bonds. The Balaban J connectivity index is 1.46. The van der Waals surface area contributed by atoms with Gasteiger partial charge in [-0.25, -0.2) is 0 Å². The Labute approximate surface area is 234 Å². The van der Waals surface area contributed by atoms with Crippen LogP contribution in [0.4, 0.5) is 5.69 Å². The highest BCUT2D eigenvalue weighted by atomic mass is 32.1. The van der Waals surface area contributed by atoms with Crippen molar-refractivity contribution in [3.63, 3.8) is 0 Å². The lowest BCUT2D eigenvalue weighted by atomic mass is 9.96. The Morgan fingerprint density at radius 2 is 1.82 bits per heavy atom. The first-order valence-electron chi connectivity index (χ1n) is 13.2. The van der Waals surface area contributed by atoms with Crippen molar-refractivity contribution in [2.24, 2.45) is 0 Å². The summed E-state index contributed by atoms with van der Waals surface area (Å²) in [6, 6.07) is 22.8. The molecule has 7 nitrogen and oxygen atoms in total. The van der Waals surface area contributed by atoms with E-state index in [0.717, 1.165) is 46.0 Å². The van der Waals surface area contributed by atoms with Gasteiger partial charge in [-0.2, -0.15) is 0 Å². The van der Waals surface area contributed by atoms with Gasteiger partial charge in [-0.15, -0.1) is 0 Å². The second kappa shape index (κ2) is 11.3. The topological polar surface area (TPSA) is 82.4 Å². The van der Waals surface area contributed by atoms with Crippen LogP contribution < -0.4 is 10.6 Å². The number of carbonyl (C=O) groups excluding carboxylic acids is 1. The fraction of sp³-hybridized carbons (Fsp3) is 0.258. The zero-order valence-corrected chi connectivity index (χ0v) is 23.2. The molecule has 0 unspecified atom stereocenters. The van der Waals surface area contributed by atoms with Crippen LogP contribution in [0.3, 0.4) is 0 Å². The van der Waals surface area contributed by atoms with Crippen LogP contribution in [0.2, 0.25) is 0 Å². The van der Waals surface area contributed by atoms with Gasteiger partial charge in [0, 0.05) is 41.9 Å². The third kappa shape index (κ3) is 5.38. The number of thiocarbonyl (C=S) groups is 1. The van der Waals surface area contributed by atoms with E-state index in [1.54, 1.807) is 18.3 Å². The van der Waals surface area contributed by atoms with E-state index in [2.05, 4.69) is 51.9 Å². The van der Waals surface area contributed by atoms with E-state index in [4.69, 9.17) is 12.2 Å². The Morgan fingerprint density at radius 3 is 2.54 bits per heavy atom. The number of aromatic nitrogens is 2. The number of nitrogens with one attached hydrogen (secondary N) is 2. The van der Waals surface area contributed by atoms with Gasteiger partial charge in [0.2, 0.25) is 5.91 Å². The molecule has 0 saturated carbocycles. The molecular weight excluding hydrogens is 506 g/mol. The maximum absolute atomic E-state index is 13.0. The first kappa shape index (κ1) is 26.4. The van der Waals surface area contributed by atoms with Crippen molar-refractivity contribution in [1.82, 2.24) is 19.8 Å². The number of aryl methyl sites for hydroxylation is 2. The normalized spacial score (nSPS) is 16.8. The summed E-state index contributed by atoms with van der Waals surface area (Å²) in [5, 5.41) is 17.0. The van der Waals surface area contributed by atoms with Crippen LogP contribution >= 0.6 is 12.2 Å². The summed E-state index contributed by atoms with van der Waals surface area (Å²) in [7, 11) is 0. The number of hydrogen-bond donors (Lipinski definition) is 3. The number of nitrogens with zero attached hydrogens (tertiary/aromatic N) is 3. The summed E-state index contributed by atoms with van der Waals surface area (Å²) in [4.78, 5) is 19.8. The minimum Gasteiger partial charge on any atom is -0.508 e. The van der Waals surface area contributed by atoms with Gasteiger partial charge < -0.3 is 25.2 Å². The van der Waals surface area contributed by atoms with Crippen LogP contribution in [0.5, 0.6) is 5.75 Å². The fourth-order valence-electron chi connectivity index (χ4n) is 5.46. The monoisotopic (exact) mass is 539 g/mol. The van der Waals surface area contributed by atoms with Crippen molar-refractivity contribution in [2.45, 2.75) is 45.7 Å². The number of phenolic OH excluding ortho intramolecular Hbond substituents is 1. The van der Waals surface area contributed by atoms with Crippen LogP contribution in [-0.2, 0) is 11.2 Å². The smallest absolute Gasteiger partial charge is 0.226 e. The Hall–Kier alpha value is -4.17. The van der Waals surface area contributed by atoms with Gasteiger partial charge in [0.25, 0.3) is 0 Å². The number of amides is 1. The number of hydrogen-bond acceptors (Lipinski definition) is 4. The largest absolute Gasteiger partial charge is 0.508 e. The molecule has 3 N–H and O–H groups in total.